The second kappa shape index (κ2) is 12.7. The highest BCUT2D eigenvalue weighted by Crippen LogP contribution is 2.28. The van der Waals surface area contributed by atoms with Gasteiger partial charge in [0.25, 0.3) is 0 Å². The number of nitrogens with zero attached hydrogens (tertiary/aromatic N) is 2. The molecule has 1 saturated heterocycles. The first-order valence-electron chi connectivity index (χ1n) is 8.28. The van der Waals surface area contributed by atoms with Crippen LogP contribution in [0.15, 0.2) is 33.7 Å². The van der Waals surface area contributed by atoms with Gasteiger partial charge < -0.3 is 25.0 Å². The van der Waals surface area contributed by atoms with E-state index in [4.69, 9.17) is 9.47 Å². The van der Waals surface area contributed by atoms with Gasteiger partial charge in [0.1, 0.15) is 0 Å². The minimum Gasteiger partial charge on any atom is -0.382 e. The van der Waals surface area contributed by atoms with Crippen molar-refractivity contribution in [3.63, 3.8) is 0 Å². The number of halogens is 2. The Morgan fingerprint density at radius 3 is 2.84 bits per heavy atom. The first kappa shape index (κ1) is 22.5. The number of ether oxygens (including phenoxy) is 2. The Hall–Kier alpha value is -0.580. The molecule has 6 nitrogen and oxygen atoms in total. The van der Waals surface area contributed by atoms with Crippen LogP contribution in [0.4, 0.5) is 5.69 Å². The van der Waals surface area contributed by atoms with E-state index < -0.39 is 0 Å². The van der Waals surface area contributed by atoms with E-state index in [9.17, 15) is 0 Å². The Bertz CT molecular complexity index is 533. The summed E-state index contributed by atoms with van der Waals surface area (Å²) in [6.45, 7) is 4.61. The van der Waals surface area contributed by atoms with E-state index in [1.165, 1.54) is 5.69 Å². The smallest absolute Gasteiger partial charge is 0.191 e. The second-order valence-corrected chi connectivity index (χ2v) is 6.49. The molecule has 1 aromatic carbocycles. The van der Waals surface area contributed by atoms with Gasteiger partial charge in [0.15, 0.2) is 5.96 Å². The van der Waals surface area contributed by atoms with Gasteiger partial charge in [0.05, 0.1) is 25.5 Å². The molecule has 0 bridgehead atoms. The Labute approximate surface area is 175 Å². The SMILES string of the molecule is CN=C(NCCOCCOC)NC1CCN(c2ccccc2Br)C1.I. The molecule has 142 valence electrons. The predicted octanol–water partition coefficient (Wildman–Crippen LogP) is 2.47. The van der Waals surface area contributed by atoms with Crippen LogP contribution in [0.5, 0.6) is 0 Å². The van der Waals surface area contributed by atoms with Crippen molar-refractivity contribution in [3.8, 4) is 0 Å². The van der Waals surface area contributed by atoms with Crippen molar-refractivity contribution >= 4 is 51.6 Å². The van der Waals surface area contributed by atoms with Crippen molar-refractivity contribution in [2.45, 2.75) is 12.5 Å². The molecule has 0 saturated carbocycles. The van der Waals surface area contributed by atoms with E-state index >= 15 is 0 Å². The van der Waals surface area contributed by atoms with Crippen LogP contribution in [0.2, 0.25) is 0 Å². The Morgan fingerprint density at radius 1 is 1.32 bits per heavy atom. The number of benzene rings is 1. The van der Waals surface area contributed by atoms with E-state index in [0.717, 1.165) is 36.5 Å². The molecule has 1 aliphatic heterocycles. The standard InChI is InChI=1S/C17H27BrN4O2.HI/c1-19-17(20-8-10-24-12-11-23-2)21-14-7-9-22(13-14)16-6-4-3-5-15(16)18;/h3-6,14H,7-13H2,1-2H3,(H2,19,20,21);1H. The molecule has 2 N–H and O–H groups in total. The molecule has 25 heavy (non-hydrogen) atoms. The molecule has 2 rings (SSSR count). The summed E-state index contributed by atoms with van der Waals surface area (Å²) in [6, 6.07) is 8.74. The van der Waals surface area contributed by atoms with E-state index in [2.05, 4.69) is 54.7 Å². The minimum absolute atomic E-state index is 0. The summed E-state index contributed by atoms with van der Waals surface area (Å²) in [4.78, 5) is 6.68. The molecule has 1 unspecified atom stereocenters. The quantitative estimate of drug-likeness (QED) is 0.236. The molecule has 0 spiro atoms. The van der Waals surface area contributed by atoms with Gasteiger partial charge in [-0.15, -0.1) is 24.0 Å². The molecule has 1 aromatic rings. The summed E-state index contributed by atoms with van der Waals surface area (Å²) in [5.74, 6) is 0.823. The average molecular weight is 527 g/mol. The zero-order valence-electron chi connectivity index (χ0n) is 14.8. The highest BCUT2D eigenvalue weighted by molar-refractivity contribution is 14.0. The number of methoxy groups -OCH3 is 1. The van der Waals surface area contributed by atoms with Gasteiger partial charge in [-0.25, -0.2) is 0 Å². The van der Waals surface area contributed by atoms with Gasteiger partial charge in [0, 0.05) is 44.3 Å². The highest BCUT2D eigenvalue weighted by atomic mass is 127. The molecule has 1 fully saturated rings. The molecule has 8 heteroatoms. The van der Waals surface area contributed by atoms with Crippen LogP contribution >= 0.6 is 39.9 Å². The van der Waals surface area contributed by atoms with Crippen LogP contribution in [-0.4, -0.2) is 65.6 Å². The lowest BCUT2D eigenvalue weighted by Crippen LogP contribution is -2.45. The van der Waals surface area contributed by atoms with Gasteiger partial charge in [-0.3, -0.25) is 4.99 Å². The third kappa shape index (κ3) is 7.67. The normalized spacial score (nSPS) is 17.3. The summed E-state index contributed by atoms with van der Waals surface area (Å²) < 4.78 is 11.5. The summed E-state index contributed by atoms with van der Waals surface area (Å²) in [5, 5.41) is 6.77. The number of rotatable bonds is 8. The van der Waals surface area contributed by atoms with Crippen molar-refractivity contribution < 1.29 is 9.47 Å². The molecule has 0 radical (unpaired) electrons. The monoisotopic (exact) mass is 526 g/mol. The summed E-state index contributed by atoms with van der Waals surface area (Å²) in [5.41, 5.74) is 1.25. The summed E-state index contributed by atoms with van der Waals surface area (Å²) in [6.07, 6.45) is 1.09. The van der Waals surface area contributed by atoms with Crippen molar-refractivity contribution in [1.82, 2.24) is 10.6 Å². The predicted molar refractivity (Wildman–Crippen MR) is 117 cm³/mol. The highest BCUT2D eigenvalue weighted by Gasteiger charge is 2.24. The van der Waals surface area contributed by atoms with Gasteiger partial charge in [-0.1, -0.05) is 12.1 Å². The largest absolute Gasteiger partial charge is 0.382 e. The molecule has 0 aromatic heterocycles. The maximum atomic E-state index is 5.44. The van der Waals surface area contributed by atoms with Crippen LogP contribution in [0.1, 0.15) is 6.42 Å². The third-order valence-electron chi connectivity index (χ3n) is 3.92. The van der Waals surface area contributed by atoms with Gasteiger partial charge >= 0.3 is 0 Å². The minimum atomic E-state index is 0. The van der Waals surface area contributed by atoms with Crippen LogP contribution in [-0.2, 0) is 9.47 Å². The summed E-state index contributed by atoms with van der Waals surface area (Å²) >= 11 is 3.63. The summed E-state index contributed by atoms with van der Waals surface area (Å²) in [7, 11) is 3.47. The van der Waals surface area contributed by atoms with E-state index in [1.54, 1.807) is 14.2 Å². The van der Waals surface area contributed by atoms with Crippen molar-refractivity contribution in [2.75, 3.05) is 58.5 Å². The Balaban J connectivity index is 0.00000312. The molecule has 1 atom stereocenters. The fourth-order valence-corrected chi connectivity index (χ4v) is 3.21. The fraction of sp³-hybridized carbons (Fsp3) is 0.588. The first-order valence-corrected chi connectivity index (χ1v) is 9.07. The number of anilines is 1. The maximum Gasteiger partial charge on any atom is 0.191 e. The molecular weight excluding hydrogens is 499 g/mol. The number of nitrogens with one attached hydrogen (secondary N) is 2. The van der Waals surface area contributed by atoms with Crippen LogP contribution in [0.25, 0.3) is 0 Å². The number of guanidine groups is 1. The lowest BCUT2D eigenvalue weighted by atomic mass is 10.3. The molecule has 0 aliphatic carbocycles. The Kier molecular flexibility index (Phi) is 11.4. The topological polar surface area (TPSA) is 58.1 Å². The van der Waals surface area contributed by atoms with Crippen LogP contribution in [0, 0.1) is 0 Å². The molecule has 0 amide bonds. The molecule has 1 aliphatic rings. The number of hydrogen-bond donors (Lipinski definition) is 2. The molecular formula is C17H28BrIN4O2. The lowest BCUT2D eigenvalue weighted by molar-refractivity contribution is 0.0733. The van der Waals surface area contributed by atoms with Crippen molar-refractivity contribution in [3.05, 3.63) is 28.7 Å². The van der Waals surface area contributed by atoms with Crippen molar-refractivity contribution in [2.24, 2.45) is 4.99 Å². The van der Waals surface area contributed by atoms with Crippen LogP contribution in [0.3, 0.4) is 0 Å². The van der Waals surface area contributed by atoms with E-state index in [0.29, 0.717) is 25.9 Å². The third-order valence-corrected chi connectivity index (χ3v) is 4.59. The zero-order chi connectivity index (χ0) is 17.2. The zero-order valence-corrected chi connectivity index (χ0v) is 18.7. The number of aliphatic imine (C=N–C) groups is 1. The number of hydrogen-bond acceptors (Lipinski definition) is 4. The fourth-order valence-electron chi connectivity index (χ4n) is 2.68. The first-order chi connectivity index (χ1) is 11.7. The van der Waals surface area contributed by atoms with Gasteiger partial charge in [-0.2, -0.15) is 0 Å². The average Bonchev–Trinajstić information content (AvgIpc) is 3.05. The second-order valence-electron chi connectivity index (χ2n) is 5.63. The van der Waals surface area contributed by atoms with Crippen LogP contribution < -0.4 is 15.5 Å². The lowest BCUT2D eigenvalue weighted by Gasteiger charge is -2.21. The Morgan fingerprint density at radius 2 is 2.12 bits per heavy atom. The van der Waals surface area contributed by atoms with Crippen molar-refractivity contribution in [1.29, 1.82) is 0 Å². The van der Waals surface area contributed by atoms with E-state index in [1.807, 2.05) is 6.07 Å². The van der Waals surface area contributed by atoms with E-state index in [-0.39, 0.29) is 24.0 Å². The molecule has 1 heterocycles. The van der Waals surface area contributed by atoms with Gasteiger partial charge in [0.2, 0.25) is 0 Å². The number of para-hydroxylation sites is 1. The maximum absolute atomic E-state index is 5.44. The van der Waals surface area contributed by atoms with Gasteiger partial charge in [-0.05, 0) is 34.5 Å².